The van der Waals surface area contributed by atoms with Crippen molar-refractivity contribution < 1.29 is 0 Å². The van der Waals surface area contributed by atoms with Gasteiger partial charge in [-0.1, -0.05) is 57.9 Å². The van der Waals surface area contributed by atoms with Gasteiger partial charge in [-0.2, -0.15) is 0 Å². The molecule has 3 aromatic rings. The highest BCUT2D eigenvalue weighted by molar-refractivity contribution is 9.11. The van der Waals surface area contributed by atoms with Gasteiger partial charge in [-0.05, 0) is 51.5 Å². The van der Waals surface area contributed by atoms with Crippen LogP contribution < -0.4 is 0 Å². The van der Waals surface area contributed by atoms with Crippen LogP contribution in [0, 0.1) is 6.92 Å². The van der Waals surface area contributed by atoms with E-state index in [2.05, 4.69) is 69.1 Å². The summed E-state index contributed by atoms with van der Waals surface area (Å²) in [6.45, 7) is 2.11. The van der Waals surface area contributed by atoms with Crippen molar-refractivity contribution in [3.63, 3.8) is 0 Å². The Morgan fingerprint density at radius 1 is 1.10 bits per heavy atom. The molecule has 4 heteroatoms. The molecular weight excluding hydrogens is 420 g/mol. The largest absolute Gasteiger partial charge is 0.131 e. The van der Waals surface area contributed by atoms with E-state index >= 15 is 0 Å². The van der Waals surface area contributed by atoms with Gasteiger partial charge in [0.1, 0.15) is 0 Å². The Bertz CT molecular complexity index is 760. The number of hydrogen-bond acceptors (Lipinski definition) is 1. The molecule has 2 aromatic carbocycles. The lowest BCUT2D eigenvalue weighted by atomic mass is 10.0. The molecule has 1 unspecified atom stereocenters. The third-order valence-corrected chi connectivity index (χ3v) is 7.12. The van der Waals surface area contributed by atoms with Gasteiger partial charge in [0.15, 0.2) is 0 Å². The highest BCUT2D eigenvalue weighted by Gasteiger charge is 2.17. The van der Waals surface area contributed by atoms with Gasteiger partial charge >= 0.3 is 0 Å². The second-order valence-electron chi connectivity index (χ2n) is 4.65. The van der Waals surface area contributed by atoms with E-state index in [0.717, 1.165) is 10.4 Å². The number of thiophene rings is 1. The van der Waals surface area contributed by atoms with E-state index < -0.39 is 0 Å². The summed E-state index contributed by atoms with van der Waals surface area (Å²) in [6.07, 6.45) is 0. The van der Waals surface area contributed by atoms with Crippen molar-refractivity contribution >= 4 is 65.6 Å². The Labute approximate surface area is 144 Å². The summed E-state index contributed by atoms with van der Waals surface area (Å²) in [5.74, 6) is 0. The zero-order chi connectivity index (χ0) is 14.3. The van der Waals surface area contributed by atoms with Crippen LogP contribution >= 0.6 is 54.8 Å². The van der Waals surface area contributed by atoms with Crippen LogP contribution in [0.15, 0.2) is 46.3 Å². The van der Waals surface area contributed by atoms with E-state index in [9.17, 15) is 0 Å². The van der Waals surface area contributed by atoms with Crippen molar-refractivity contribution in [2.75, 3.05) is 0 Å². The highest BCUT2D eigenvalue weighted by atomic mass is 79.9. The van der Waals surface area contributed by atoms with Gasteiger partial charge in [0.25, 0.3) is 0 Å². The molecule has 1 heterocycles. The summed E-state index contributed by atoms with van der Waals surface area (Å²) in [5, 5.41) is 3.10. The van der Waals surface area contributed by atoms with Crippen molar-refractivity contribution in [2.24, 2.45) is 0 Å². The first-order valence-electron chi connectivity index (χ1n) is 6.15. The van der Waals surface area contributed by atoms with Gasteiger partial charge in [0, 0.05) is 15.3 Å². The fraction of sp³-hybridized carbons (Fsp3) is 0.125. The molecule has 0 saturated heterocycles. The Kier molecular flexibility index (Phi) is 4.23. The Morgan fingerprint density at radius 3 is 2.45 bits per heavy atom. The fourth-order valence-corrected chi connectivity index (χ4v) is 4.88. The van der Waals surface area contributed by atoms with Gasteiger partial charge in [0.2, 0.25) is 0 Å². The Hall–Kier alpha value is -0.350. The maximum absolute atomic E-state index is 6.29. The van der Waals surface area contributed by atoms with Crippen LogP contribution in [0.2, 0.25) is 5.02 Å². The quantitative estimate of drug-likeness (QED) is 0.380. The number of hydrogen-bond donors (Lipinski definition) is 0. The zero-order valence-corrected chi connectivity index (χ0v) is 15.4. The molecule has 0 N–H and O–H groups in total. The molecule has 1 aromatic heterocycles. The van der Waals surface area contributed by atoms with Crippen LogP contribution in [0.25, 0.3) is 10.8 Å². The van der Waals surface area contributed by atoms with Crippen molar-refractivity contribution in [1.29, 1.82) is 0 Å². The minimum atomic E-state index is 0.180. The first-order chi connectivity index (χ1) is 9.58. The van der Waals surface area contributed by atoms with Crippen molar-refractivity contribution in [1.82, 2.24) is 0 Å². The van der Waals surface area contributed by atoms with Crippen LogP contribution in [0.1, 0.15) is 20.8 Å². The monoisotopic (exact) mass is 428 g/mol. The molecule has 0 nitrogen and oxygen atoms in total. The molecule has 0 aliphatic carbocycles. The fourth-order valence-electron chi connectivity index (χ4n) is 2.27. The maximum atomic E-state index is 6.29. The van der Waals surface area contributed by atoms with Crippen LogP contribution in [-0.4, -0.2) is 0 Å². The number of aryl methyl sites for hydroxylation is 1. The van der Waals surface area contributed by atoms with Gasteiger partial charge in [0.05, 0.1) is 8.61 Å². The van der Waals surface area contributed by atoms with Crippen molar-refractivity contribution in [3.05, 3.63) is 67.3 Å². The lowest BCUT2D eigenvalue weighted by Gasteiger charge is -2.12. The third kappa shape index (κ3) is 2.57. The predicted molar refractivity (Wildman–Crippen MR) is 96.5 cm³/mol. The lowest BCUT2D eigenvalue weighted by molar-refractivity contribution is 1.24. The maximum Gasteiger partial charge on any atom is 0.0744 e. The molecule has 0 radical (unpaired) electrons. The summed E-state index contributed by atoms with van der Waals surface area (Å²) in [7, 11) is 0. The minimum Gasteiger partial charge on any atom is -0.131 e. The third-order valence-electron chi connectivity index (χ3n) is 3.30. The molecule has 0 spiro atoms. The molecular formula is C16H11Br2ClS. The van der Waals surface area contributed by atoms with E-state index in [1.165, 1.54) is 25.2 Å². The SMILES string of the molecule is Cc1cc(C(Br)c2ccc(Cl)c3ccccc23)sc1Br. The topological polar surface area (TPSA) is 0 Å². The molecule has 102 valence electrons. The number of benzene rings is 2. The average Bonchev–Trinajstić information content (AvgIpc) is 2.79. The molecule has 3 rings (SSSR count). The highest BCUT2D eigenvalue weighted by Crippen LogP contribution is 2.42. The van der Waals surface area contributed by atoms with Gasteiger partial charge in [-0.25, -0.2) is 0 Å². The molecule has 20 heavy (non-hydrogen) atoms. The van der Waals surface area contributed by atoms with Crippen molar-refractivity contribution in [3.8, 4) is 0 Å². The van der Waals surface area contributed by atoms with Crippen LogP contribution in [0.3, 0.4) is 0 Å². The number of alkyl halides is 1. The summed E-state index contributed by atoms with van der Waals surface area (Å²) < 4.78 is 1.19. The molecule has 0 amide bonds. The van der Waals surface area contributed by atoms with Crippen molar-refractivity contribution in [2.45, 2.75) is 11.8 Å². The van der Waals surface area contributed by atoms with Gasteiger partial charge in [-0.3, -0.25) is 0 Å². The molecule has 0 aliphatic rings. The molecule has 0 fully saturated rings. The predicted octanol–water partition coefficient (Wildman–Crippen LogP) is 7.11. The zero-order valence-electron chi connectivity index (χ0n) is 10.7. The minimum absolute atomic E-state index is 0.180. The van der Waals surface area contributed by atoms with Crippen LogP contribution in [0.4, 0.5) is 0 Å². The Balaban J connectivity index is 2.17. The van der Waals surface area contributed by atoms with Crippen LogP contribution in [0.5, 0.6) is 0 Å². The second-order valence-corrected chi connectivity index (χ2v) is 8.37. The van der Waals surface area contributed by atoms with E-state index in [-0.39, 0.29) is 4.83 Å². The molecule has 0 saturated carbocycles. The summed E-state index contributed by atoms with van der Waals surface area (Å²) in [4.78, 5) is 1.47. The second kappa shape index (κ2) is 5.80. The lowest BCUT2D eigenvalue weighted by Crippen LogP contribution is -1.91. The number of fused-ring (bicyclic) bond motifs is 1. The first kappa shape index (κ1) is 14.6. The summed E-state index contributed by atoms with van der Waals surface area (Å²) in [5.41, 5.74) is 2.52. The average molecular weight is 431 g/mol. The summed E-state index contributed by atoms with van der Waals surface area (Å²) >= 11 is 15.5. The smallest absolute Gasteiger partial charge is 0.0744 e. The van der Waals surface area contributed by atoms with Gasteiger partial charge in [-0.15, -0.1) is 11.3 Å². The number of halogens is 3. The van der Waals surface area contributed by atoms with Crippen LogP contribution in [-0.2, 0) is 0 Å². The van der Waals surface area contributed by atoms with E-state index in [0.29, 0.717) is 0 Å². The van der Waals surface area contributed by atoms with E-state index in [1.807, 2.05) is 12.1 Å². The van der Waals surface area contributed by atoms with E-state index in [4.69, 9.17) is 11.6 Å². The van der Waals surface area contributed by atoms with E-state index in [1.54, 1.807) is 11.3 Å². The standard InChI is InChI=1S/C16H11Br2ClS/c1-9-8-14(20-16(9)18)15(17)12-6-7-13(19)11-5-3-2-4-10(11)12/h2-8,15H,1H3. The van der Waals surface area contributed by atoms with Gasteiger partial charge < -0.3 is 0 Å². The molecule has 1 atom stereocenters. The number of rotatable bonds is 2. The molecule has 0 aliphatic heterocycles. The Morgan fingerprint density at radius 2 is 1.80 bits per heavy atom. The summed E-state index contributed by atoms with van der Waals surface area (Å²) in [6, 6.07) is 14.6. The normalized spacial score (nSPS) is 12.8. The molecule has 0 bridgehead atoms. The first-order valence-corrected chi connectivity index (χ1v) is 9.05.